The van der Waals surface area contributed by atoms with E-state index < -0.39 is 11.7 Å². The first-order valence-electron chi connectivity index (χ1n) is 13.5. The van der Waals surface area contributed by atoms with Gasteiger partial charge in [-0.3, -0.25) is 9.52 Å². The number of ether oxygens (including phenoxy) is 1. The van der Waals surface area contributed by atoms with Gasteiger partial charge in [-0.15, -0.1) is 0 Å². The molecule has 1 aliphatic heterocycles. The maximum atomic E-state index is 14.2. The van der Waals surface area contributed by atoms with E-state index in [1.54, 1.807) is 24.2 Å². The number of nitrogens with zero attached hydrogens (tertiary/aromatic N) is 2. The lowest BCUT2D eigenvalue weighted by molar-refractivity contribution is -0.0832. The number of halogens is 2. The van der Waals surface area contributed by atoms with Crippen LogP contribution in [0.3, 0.4) is 0 Å². The largest absolute Gasteiger partial charge is 0.373 e. The molecule has 0 atom stereocenters. The van der Waals surface area contributed by atoms with Crippen molar-refractivity contribution in [2.24, 2.45) is 11.7 Å². The first-order chi connectivity index (χ1) is 19.4. The topological polar surface area (TPSA) is 126 Å². The number of hydrogen-bond donors (Lipinski definition) is 5. The van der Waals surface area contributed by atoms with Gasteiger partial charge >= 0.3 is 0 Å². The molecule has 2 heterocycles. The maximum absolute atomic E-state index is 14.2. The first kappa shape index (κ1) is 31.2. The molecule has 12 heteroatoms. The van der Waals surface area contributed by atoms with Crippen LogP contribution in [0.15, 0.2) is 58.0 Å². The third kappa shape index (κ3) is 8.62. The van der Waals surface area contributed by atoms with Crippen LogP contribution in [0.2, 0.25) is 0 Å². The van der Waals surface area contributed by atoms with Gasteiger partial charge in [-0.25, -0.2) is 9.37 Å². The molecule has 0 radical (unpaired) electrons. The van der Waals surface area contributed by atoms with Crippen LogP contribution >= 0.6 is 27.9 Å². The number of amides is 1. The van der Waals surface area contributed by atoms with E-state index in [9.17, 15) is 9.18 Å². The van der Waals surface area contributed by atoms with E-state index in [-0.39, 0.29) is 22.4 Å². The highest BCUT2D eigenvalue weighted by Gasteiger charge is 2.33. The predicted molar refractivity (Wildman–Crippen MR) is 166 cm³/mol. The number of carbonyl (C=O) groups excluding carboxylic acids is 1. The van der Waals surface area contributed by atoms with Gasteiger partial charge < -0.3 is 26.4 Å². The molecule has 1 saturated heterocycles. The molecule has 3 aromatic rings. The quantitative estimate of drug-likeness (QED) is 0.148. The summed E-state index contributed by atoms with van der Waals surface area (Å²) in [6.45, 7) is 11.4. The molecule has 2 aromatic carbocycles. The van der Waals surface area contributed by atoms with E-state index in [2.05, 4.69) is 74.3 Å². The highest BCUT2D eigenvalue weighted by atomic mass is 79.9. The minimum Gasteiger partial charge on any atom is -0.373 e. The highest BCUT2D eigenvalue weighted by molar-refractivity contribution is 9.10. The summed E-state index contributed by atoms with van der Waals surface area (Å²) in [5.74, 6) is -0.364. The van der Waals surface area contributed by atoms with Crippen LogP contribution in [0.4, 0.5) is 27.5 Å². The van der Waals surface area contributed by atoms with Gasteiger partial charge in [0.25, 0.3) is 5.91 Å². The van der Waals surface area contributed by atoms with Gasteiger partial charge in [-0.2, -0.15) is 4.98 Å². The molecule has 0 spiro atoms. The Morgan fingerprint density at radius 1 is 1.15 bits per heavy atom. The van der Waals surface area contributed by atoms with E-state index in [1.165, 1.54) is 12.1 Å². The van der Waals surface area contributed by atoms with Crippen molar-refractivity contribution in [3.8, 4) is 0 Å². The molecule has 41 heavy (non-hydrogen) atoms. The fourth-order valence-corrected chi connectivity index (χ4v) is 5.50. The second-order valence-corrected chi connectivity index (χ2v) is 12.9. The zero-order chi connectivity index (χ0) is 29.6. The molecule has 9 nitrogen and oxygen atoms in total. The molecule has 0 bridgehead atoms. The average molecular weight is 647 g/mol. The van der Waals surface area contributed by atoms with Crippen LogP contribution < -0.4 is 26.4 Å². The Bertz CT molecular complexity index is 1350. The van der Waals surface area contributed by atoms with Crippen LogP contribution in [0.1, 0.15) is 50.9 Å². The highest BCUT2D eigenvalue weighted by Crippen LogP contribution is 2.31. The number of primary amides is 1. The number of carbonyl (C=O) groups is 1. The fourth-order valence-electron chi connectivity index (χ4n) is 4.48. The maximum Gasteiger partial charge on any atom is 0.253 e. The Morgan fingerprint density at radius 3 is 2.54 bits per heavy atom. The van der Waals surface area contributed by atoms with Crippen LogP contribution in [-0.2, 0) is 4.74 Å². The van der Waals surface area contributed by atoms with E-state index in [0.29, 0.717) is 28.8 Å². The summed E-state index contributed by atoms with van der Waals surface area (Å²) in [6, 6.07) is 12.1. The molecule has 6 N–H and O–H groups in total. The Kier molecular flexibility index (Phi) is 10.2. The Labute approximate surface area is 253 Å². The Hall–Kier alpha value is -2.77. The third-order valence-corrected chi connectivity index (χ3v) is 8.68. The van der Waals surface area contributed by atoms with Crippen molar-refractivity contribution in [1.29, 1.82) is 0 Å². The van der Waals surface area contributed by atoms with Crippen LogP contribution in [0.25, 0.3) is 0 Å². The number of anilines is 4. The van der Waals surface area contributed by atoms with Gasteiger partial charge in [-0.1, -0.05) is 6.07 Å². The van der Waals surface area contributed by atoms with Crippen molar-refractivity contribution in [2.75, 3.05) is 30.3 Å². The number of piperidine rings is 1. The lowest BCUT2D eigenvalue weighted by Crippen LogP contribution is -2.47. The predicted octanol–water partition coefficient (Wildman–Crippen LogP) is 6.13. The average Bonchev–Trinajstić information content (AvgIpc) is 2.94. The summed E-state index contributed by atoms with van der Waals surface area (Å²) in [4.78, 5) is 21.6. The van der Waals surface area contributed by atoms with Crippen LogP contribution in [0.5, 0.6) is 0 Å². The molecular formula is C29H37BrFN7O2S. The number of benzene rings is 2. The van der Waals surface area contributed by atoms with E-state index in [1.807, 2.05) is 24.3 Å². The van der Waals surface area contributed by atoms with Crippen molar-refractivity contribution in [1.82, 2.24) is 20.0 Å². The SMILES string of the molecule is CC(C)(COC(C)(C)C1CCNCC1)NSc1ccc(Nc2ncc(Br)c(Nc3cccc(F)c3C(N)=O)n2)cc1. The minimum absolute atomic E-state index is 0.162. The lowest BCUT2D eigenvalue weighted by atomic mass is 9.83. The number of nitrogens with one attached hydrogen (secondary N) is 4. The molecule has 0 unspecified atom stereocenters. The van der Waals surface area contributed by atoms with Crippen LogP contribution in [0, 0.1) is 11.7 Å². The second-order valence-electron chi connectivity index (χ2n) is 11.2. The molecule has 1 aliphatic rings. The fraction of sp³-hybridized carbons (Fsp3) is 0.414. The smallest absolute Gasteiger partial charge is 0.253 e. The first-order valence-corrected chi connectivity index (χ1v) is 15.1. The molecule has 0 aliphatic carbocycles. The van der Waals surface area contributed by atoms with Crippen molar-refractivity contribution in [3.05, 3.63) is 64.5 Å². The molecule has 1 aromatic heterocycles. The van der Waals surface area contributed by atoms with E-state index in [0.717, 1.165) is 36.5 Å². The summed E-state index contributed by atoms with van der Waals surface area (Å²) >= 11 is 4.95. The number of nitrogens with two attached hydrogens (primary N) is 1. The number of rotatable bonds is 12. The van der Waals surface area contributed by atoms with Gasteiger partial charge in [0.2, 0.25) is 5.95 Å². The summed E-state index contributed by atoms with van der Waals surface area (Å²) in [5, 5.41) is 9.56. The van der Waals surface area contributed by atoms with Gasteiger partial charge in [0.1, 0.15) is 11.6 Å². The van der Waals surface area contributed by atoms with Crippen molar-refractivity contribution in [3.63, 3.8) is 0 Å². The molecule has 1 amide bonds. The summed E-state index contributed by atoms with van der Waals surface area (Å²) in [7, 11) is 0. The summed E-state index contributed by atoms with van der Waals surface area (Å²) < 4.78 is 24.6. The standard InChI is InChI=1S/C29H37BrFN7O2S/c1-28(2,17-40-29(3,4)18-12-14-33-15-13-18)38-41-20-10-8-19(9-11-20)35-27-34-16-21(30)26(37-27)36-23-7-5-6-22(31)24(23)25(32)39/h5-11,16,18,33,38H,12-15,17H2,1-4H3,(H2,32,39)(H2,34,35,36,37). The molecule has 4 rings (SSSR count). The molecule has 1 fully saturated rings. The number of aromatic nitrogens is 2. The Morgan fingerprint density at radius 2 is 1.85 bits per heavy atom. The summed E-state index contributed by atoms with van der Waals surface area (Å²) in [5.41, 5.74) is 5.74. The molecule has 220 valence electrons. The molecular weight excluding hydrogens is 609 g/mol. The second kappa shape index (κ2) is 13.5. The van der Waals surface area contributed by atoms with Crippen molar-refractivity contribution < 1.29 is 13.9 Å². The lowest BCUT2D eigenvalue weighted by Gasteiger charge is -2.39. The number of hydrogen-bond acceptors (Lipinski definition) is 9. The zero-order valence-corrected chi connectivity index (χ0v) is 26.1. The third-order valence-electron chi connectivity index (χ3n) is 6.94. The van der Waals surface area contributed by atoms with Gasteiger partial charge in [-0.05, 0) is 124 Å². The zero-order valence-electron chi connectivity index (χ0n) is 23.7. The van der Waals surface area contributed by atoms with Crippen molar-refractivity contribution in [2.45, 2.75) is 56.6 Å². The van der Waals surface area contributed by atoms with Crippen molar-refractivity contribution >= 4 is 56.9 Å². The Balaban J connectivity index is 1.33. The van der Waals surface area contributed by atoms with Gasteiger partial charge in [0.05, 0.1) is 27.9 Å². The van der Waals surface area contributed by atoms with E-state index in [4.69, 9.17) is 10.5 Å². The van der Waals surface area contributed by atoms with E-state index >= 15 is 0 Å². The normalized spacial score (nSPS) is 14.6. The van der Waals surface area contributed by atoms with Crippen LogP contribution in [-0.4, -0.2) is 46.7 Å². The van der Waals surface area contributed by atoms with Gasteiger partial charge in [0, 0.05) is 22.3 Å². The van der Waals surface area contributed by atoms with Gasteiger partial charge in [0.15, 0.2) is 0 Å². The minimum atomic E-state index is -0.876. The molecule has 0 saturated carbocycles. The summed E-state index contributed by atoms with van der Waals surface area (Å²) in [6.07, 6.45) is 3.84. The monoisotopic (exact) mass is 645 g/mol.